The maximum Gasteiger partial charge on any atom is 0.335 e. The maximum absolute atomic E-state index is 13.2. The Morgan fingerprint density at radius 2 is 1.61 bits per heavy atom. The highest BCUT2D eigenvalue weighted by Gasteiger charge is 2.37. The van der Waals surface area contributed by atoms with Crippen LogP contribution in [0.4, 0.5) is 10.5 Å². The van der Waals surface area contributed by atoms with Crippen LogP contribution in [0.15, 0.2) is 113 Å². The number of ether oxygens (including phenoxy) is 1. The first kappa shape index (κ1) is 25.2. The minimum Gasteiger partial charge on any atom is -0.489 e. The van der Waals surface area contributed by atoms with E-state index in [2.05, 4.69) is 5.32 Å². The van der Waals surface area contributed by atoms with Gasteiger partial charge in [0.2, 0.25) is 0 Å². The number of carbonyl (C=O) groups is 3. The molecule has 0 radical (unpaired) electrons. The number of anilines is 1. The van der Waals surface area contributed by atoms with Gasteiger partial charge in [-0.05, 0) is 73.0 Å². The molecule has 0 spiro atoms. The summed E-state index contributed by atoms with van der Waals surface area (Å²) in [6.45, 7) is 4.49. The summed E-state index contributed by atoms with van der Waals surface area (Å²) in [4.78, 5) is 39.3. The maximum atomic E-state index is 13.2. The van der Waals surface area contributed by atoms with Crippen molar-refractivity contribution in [2.45, 2.75) is 26.4 Å². The van der Waals surface area contributed by atoms with Crippen LogP contribution in [0, 0.1) is 0 Å². The summed E-state index contributed by atoms with van der Waals surface area (Å²) in [5.41, 5.74) is 5.25. The van der Waals surface area contributed by atoms with Gasteiger partial charge < -0.3 is 4.74 Å². The van der Waals surface area contributed by atoms with Crippen molar-refractivity contribution in [1.29, 1.82) is 0 Å². The summed E-state index contributed by atoms with van der Waals surface area (Å²) in [5.74, 6) is -0.630. The van der Waals surface area contributed by atoms with E-state index < -0.39 is 17.8 Å². The van der Waals surface area contributed by atoms with Crippen LogP contribution in [0.5, 0.6) is 5.75 Å². The average Bonchev–Trinajstić information content (AvgIpc) is 3.19. The van der Waals surface area contributed by atoms with E-state index in [0.29, 0.717) is 17.3 Å². The van der Waals surface area contributed by atoms with Crippen LogP contribution in [0.1, 0.15) is 30.9 Å². The summed E-state index contributed by atoms with van der Waals surface area (Å²) in [7, 11) is 0. The molecule has 1 saturated heterocycles. The highest BCUT2D eigenvalue weighted by atomic mass is 35.5. The fourth-order valence-corrected chi connectivity index (χ4v) is 4.88. The zero-order chi connectivity index (χ0) is 26.8. The number of urea groups is 1. The van der Waals surface area contributed by atoms with Gasteiger partial charge in [0, 0.05) is 10.9 Å². The Labute approximate surface area is 225 Å². The van der Waals surface area contributed by atoms with Crippen LogP contribution >= 0.6 is 11.6 Å². The number of barbiturate groups is 1. The molecule has 38 heavy (non-hydrogen) atoms. The van der Waals surface area contributed by atoms with Gasteiger partial charge in [-0.2, -0.15) is 0 Å². The van der Waals surface area contributed by atoms with E-state index in [9.17, 15) is 14.4 Å². The van der Waals surface area contributed by atoms with Crippen molar-refractivity contribution in [3.8, 4) is 5.75 Å². The predicted molar refractivity (Wildman–Crippen MR) is 147 cm³/mol. The van der Waals surface area contributed by atoms with Gasteiger partial charge in [-0.3, -0.25) is 14.9 Å². The second-order valence-electron chi connectivity index (χ2n) is 9.24. The lowest BCUT2D eigenvalue weighted by Crippen LogP contribution is -2.54. The van der Waals surface area contributed by atoms with E-state index in [0.717, 1.165) is 38.5 Å². The van der Waals surface area contributed by atoms with Gasteiger partial charge in [-0.1, -0.05) is 71.3 Å². The summed E-state index contributed by atoms with van der Waals surface area (Å²) in [6.07, 6.45) is 3.53. The first-order chi connectivity index (χ1) is 18.3. The lowest BCUT2D eigenvalue weighted by Gasteiger charge is -2.26. The molecule has 1 atom stereocenters. The van der Waals surface area contributed by atoms with Crippen LogP contribution < -0.4 is 15.0 Å². The van der Waals surface area contributed by atoms with Crippen molar-refractivity contribution in [1.82, 2.24) is 5.32 Å². The Morgan fingerprint density at radius 3 is 2.29 bits per heavy atom. The minimum atomic E-state index is -0.796. The van der Waals surface area contributed by atoms with Gasteiger partial charge in [-0.25, -0.2) is 9.69 Å². The number of halogens is 1. The van der Waals surface area contributed by atoms with Crippen LogP contribution in [-0.2, 0) is 16.2 Å². The molecule has 2 aliphatic rings. The third-order valence-corrected chi connectivity index (χ3v) is 6.93. The van der Waals surface area contributed by atoms with Gasteiger partial charge in [0.15, 0.2) is 0 Å². The van der Waals surface area contributed by atoms with E-state index >= 15 is 0 Å². The number of allylic oxidation sites excluding steroid dienone is 5. The molecule has 5 rings (SSSR count). The van der Waals surface area contributed by atoms with E-state index in [-0.39, 0.29) is 11.5 Å². The SMILES string of the molecule is CC1=CC(/C=C2\C(=O)NC(=O)N(c3ccc(Cl)cc3)C2=O)=C(C)[C@H]1c1ccc(OCc2ccccc2)cc1. The number of nitrogens with one attached hydrogen (secondary N) is 1. The molecule has 0 saturated carbocycles. The Morgan fingerprint density at radius 1 is 0.921 bits per heavy atom. The molecule has 3 aromatic carbocycles. The van der Waals surface area contributed by atoms with E-state index in [1.807, 2.05) is 74.5 Å². The summed E-state index contributed by atoms with van der Waals surface area (Å²) < 4.78 is 5.91. The normalized spacial score (nSPS) is 18.7. The molecule has 1 N–H and O–H groups in total. The molecular formula is C31H25ClN2O4. The topological polar surface area (TPSA) is 75.7 Å². The minimum absolute atomic E-state index is 0.000720. The smallest absolute Gasteiger partial charge is 0.335 e. The van der Waals surface area contributed by atoms with Gasteiger partial charge >= 0.3 is 6.03 Å². The third kappa shape index (κ3) is 5.04. The van der Waals surface area contributed by atoms with E-state index in [4.69, 9.17) is 16.3 Å². The first-order valence-corrected chi connectivity index (χ1v) is 12.5. The number of nitrogens with zero attached hydrogens (tertiary/aromatic N) is 1. The number of rotatable bonds is 6. The lowest BCUT2D eigenvalue weighted by molar-refractivity contribution is -0.122. The molecule has 0 aromatic heterocycles. The van der Waals surface area contributed by atoms with Gasteiger partial charge in [0.25, 0.3) is 11.8 Å². The lowest BCUT2D eigenvalue weighted by atomic mass is 9.89. The fourth-order valence-electron chi connectivity index (χ4n) is 4.75. The molecule has 4 amide bonds. The Kier molecular flexibility index (Phi) is 6.99. The van der Waals surface area contributed by atoms with Gasteiger partial charge in [0.1, 0.15) is 17.9 Å². The molecule has 3 aromatic rings. The number of hydrogen-bond donors (Lipinski definition) is 1. The highest BCUT2D eigenvalue weighted by molar-refractivity contribution is 6.38. The Bertz CT molecular complexity index is 1500. The second-order valence-corrected chi connectivity index (χ2v) is 9.67. The van der Waals surface area contributed by atoms with Crippen molar-refractivity contribution in [2.24, 2.45) is 0 Å². The van der Waals surface area contributed by atoms with Crippen molar-refractivity contribution in [2.75, 3.05) is 4.90 Å². The fraction of sp³-hybridized carbons (Fsp3) is 0.129. The molecule has 1 heterocycles. The third-order valence-electron chi connectivity index (χ3n) is 6.67. The molecule has 1 aliphatic carbocycles. The molecule has 7 heteroatoms. The summed E-state index contributed by atoms with van der Waals surface area (Å²) in [5, 5.41) is 2.74. The van der Waals surface area contributed by atoms with Gasteiger partial charge in [-0.15, -0.1) is 0 Å². The molecule has 190 valence electrons. The zero-order valence-electron chi connectivity index (χ0n) is 20.9. The van der Waals surface area contributed by atoms with Gasteiger partial charge in [0.05, 0.1) is 5.69 Å². The van der Waals surface area contributed by atoms with E-state index in [1.54, 1.807) is 30.3 Å². The zero-order valence-corrected chi connectivity index (χ0v) is 21.7. The Balaban J connectivity index is 1.37. The molecule has 0 unspecified atom stereocenters. The van der Waals surface area contributed by atoms with Crippen LogP contribution in [-0.4, -0.2) is 17.8 Å². The largest absolute Gasteiger partial charge is 0.489 e. The molecule has 6 nitrogen and oxygen atoms in total. The number of carbonyl (C=O) groups excluding carboxylic acids is 3. The summed E-state index contributed by atoms with van der Waals surface area (Å²) in [6, 6.07) is 23.4. The number of benzene rings is 3. The molecule has 0 bridgehead atoms. The van der Waals surface area contributed by atoms with Crippen LogP contribution in [0.3, 0.4) is 0 Å². The molecular weight excluding hydrogens is 500 g/mol. The monoisotopic (exact) mass is 524 g/mol. The number of imide groups is 2. The molecule has 1 fully saturated rings. The standard InChI is InChI=1S/C31H25ClN2O4/c1-19-16-23(17-27-29(35)33-31(37)34(30(27)36)25-12-10-24(32)11-13-25)20(2)28(19)22-8-14-26(15-9-22)38-18-21-6-4-3-5-7-21/h3-17,28H,18H2,1-2H3,(H,33,35,37)/b27-17+/t28-/m0/s1. The van der Waals surface area contributed by atoms with E-state index in [1.165, 1.54) is 0 Å². The van der Waals surface area contributed by atoms with Crippen LogP contribution in [0.2, 0.25) is 5.02 Å². The van der Waals surface area contributed by atoms with Crippen LogP contribution in [0.25, 0.3) is 0 Å². The van der Waals surface area contributed by atoms with Crippen molar-refractivity contribution < 1.29 is 19.1 Å². The number of hydrogen-bond acceptors (Lipinski definition) is 4. The van der Waals surface area contributed by atoms with Crippen molar-refractivity contribution in [3.63, 3.8) is 0 Å². The highest BCUT2D eigenvalue weighted by Crippen LogP contribution is 2.40. The first-order valence-electron chi connectivity index (χ1n) is 12.1. The molecule has 1 aliphatic heterocycles. The predicted octanol–water partition coefficient (Wildman–Crippen LogP) is 6.49. The number of amides is 4. The average molecular weight is 525 g/mol. The van der Waals surface area contributed by atoms with Crippen molar-refractivity contribution >= 4 is 35.1 Å². The van der Waals surface area contributed by atoms with Crippen molar-refractivity contribution in [3.05, 3.63) is 129 Å². The Hall–Kier alpha value is -4.42. The second kappa shape index (κ2) is 10.5. The quantitative estimate of drug-likeness (QED) is 0.295. The summed E-state index contributed by atoms with van der Waals surface area (Å²) >= 11 is 5.94.